The zero-order valence-electron chi connectivity index (χ0n) is 31.9. The molecule has 1 atom stereocenters. The van der Waals surface area contributed by atoms with E-state index in [2.05, 4.69) is 36.1 Å². The molecule has 3 saturated heterocycles. The summed E-state index contributed by atoms with van der Waals surface area (Å²) in [6.07, 6.45) is 13.0. The number of phenolic OH excluding ortho intramolecular Hbond substituents is 1. The number of hydrogen-bond donors (Lipinski definition) is 2. The van der Waals surface area contributed by atoms with Crippen molar-refractivity contribution in [1.29, 1.82) is 0 Å². The number of carbonyl (C=O) groups excluding carboxylic acids is 1. The molecule has 1 aromatic heterocycles. The van der Waals surface area contributed by atoms with Crippen molar-refractivity contribution in [3.63, 3.8) is 0 Å². The summed E-state index contributed by atoms with van der Waals surface area (Å²) in [6, 6.07) is 7.22. The van der Waals surface area contributed by atoms with E-state index in [1.807, 2.05) is 0 Å². The van der Waals surface area contributed by atoms with Crippen molar-refractivity contribution in [3.05, 3.63) is 65.7 Å². The largest absolute Gasteiger partial charge is 0.508 e. The lowest BCUT2D eigenvalue weighted by atomic mass is 9.80. The third kappa shape index (κ3) is 6.43. The third-order valence-corrected chi connectivity index (χ3v) is 12.2. The molecule has 9 nitrogen and oxygen atoms in total. The van der Waals surface area contributed by atoms with Gasteiger partial charge in [-0.3, -0.25) is 9.69 Å². The van der Waals surface area contributed by atoms with Crippen LogP contribution in [0.5, 0.6) is 11.8 Å². The summed E-state index contributed by atoms with van der Waals surface area (Å²) in [7, 11) is 1.79. The van der Waals surface area contributed by atoms with E-state index in [1.54, 1.807) is 31.9 Å². The number of hydrogen-bond acceptors (Lipinski definition) is 8. The normalized spacial score (nSPS) is 19.8. The van der Waals surface area contributed by atoms with Gasteiger partial charge in [0, 0.05) is 42.0 Å². The van der Waals surface area contributed by atoms with E-state index in [-0.39, 0.29) is 62.3 Å². The lowest BCUT2D eigenvalue weighted by Crippen LogP contribution is -2.50. The number of fused-ring (bicyclic) bond motifs is 3. The number of nitrogens with two attached hydrogens (primary N) is 1. The highest BCUT2D eigenvalue weighted by atomic mass is 19.1. The number of likely N-dealkylation sites (N-methyl/N-ethyl adjacent to an activating group) is 1. The maximum absolute atomic E-state index is 17.9. The fourth-order valence-electron chi connectivity index (χ4n) is 9.27. The first-order chi connectivity index (χ1) is 25.6. The molecule has 7 rings (SSSR count). The van der Waals surface area contributed by atoms with Gasteiger partial charge in [0.05, 0.1) is 17.1 Å². The van der Waals surface area contributed by atoms with E-state index in [0.29, 0.717) is 41.9 Å². The SMILES string of the molecule is C#Cc1c(F)ccc2cc(O)cc(-c3c(C(C)(C)N)cc4c(N5CCCC(C)(C)C(N(C)C(=O)C=C)C5)nc(OCC56CCCN5CCC6)nc4c3F)c12. The van der Waals surface area contributed by atoms with Gasteiger partial charge in [0.1, 0.15) is 29.5 Å². The molecule has 284 valence electrons. The molecule has 3 aliphatic rings. The first kappa shape index (κ1) is 37.5. The Kier molecular flexibility index (Phi) is 9.60. The first-order valence-corrected chi connectivity index (χ1v) is 18.9. The summed E-state index contributed by atoms with van der Waals surface area (Å²) in [5.41, 5.74) is 5.94. The van der Waals surface area contributed by atoms with Crippen LogP contribution in [-0.2, 0) is 10.3 Å². The maximum atomic E-state index is 17.9. The van der Waals surface area contributed by atoms with Gasteiger partial charge in [-0.05, 0) is 118 Å². The van der Waals surface area contributed by atoms with Crippen LogP contribution in [0.2, 0.25) is 0 Å². The van der Waals surface area contributed by atoms with Crippen LogP contribution in [0.25, 0.3) is 32.8 Å². The Morgan fingerprint density at radius 3 is 2.52 bits per heavy atom. The minimum absolute atomic E-state index is 0.00377. The lowest BCUT2D eigenvalue weighted by molar-refractivity contribution is -0.128. The monoisotopic (exact) mass is 736 g/mol. The number of ether oxygens (including phenoxy) is 1. The van der Waals surface area contributed by atoms with Gasteiger partial charge >= 0.3 is 6.01 Å². The highest BCUT2D eigenvalue weighted by Crippen LogP contribution is 2.46. The number of aromatic nitrogens is 2. The van der Waals surface area contributed by atoms with E-state index in [4.69, 9.17) is 26.9 Å². The molecule has 3 aliphatic heterocycles. The predicted molar refractivity (Wildman–Crippen MR) is 209 cm³/mol. The molecule has 0 bridgehead atoms. The molecule has 1 unspecified atom stereocenters. The number of rotatable bonds is 8. The molecular formula is C43H50F2N6O3. The predicted octanol–water partition coefficient (Wildman–Crippen LogP) is 7.26. The van der Waals surface area contributed by atoms with Gasteiger partial charge in [-0.1, -0.05) is 32.4 Å². The average Bonchev–Trinajstić information content (AvgIpc) is 3.67. The van der Waals surface area contributed by atoms with E-state index < -0.39 is 17.2 Å². The van der Waals surface area contributed by atoms with Crippen molar-refractivity contribution in [2.24, 2.45) is 11.1 Å². The Hall–Kier alpha value is -4.79. The van der Waals surface area contributed by atoms with E-state index in [1.165, 1.54) is 30.3 Å². The van der Waals surface area contributed by atoms with E-state index >= 15 is 8.78 Å². The van der Waals surface area contributed by atoms with Crippen molar-refractivity contribution < 1.29 is 23.4 Å². The second kappa shape index (κ2) is 13.8. The van der Waals surface area contributed by atoms with Crippen molar-refractivity contribution in [2.45, 2.75) is 83.3 Å². The number of phenols is 1. The smallest absolute Gasteiger partial charge is 0.319 e. The van der Waals surface area contributed by atoms with Crippen LogP contribution in [-0.4, -0.2) is 82.2 Å². The molecule has 0 radical (unpaired) electrons. The fraction of sp³-hybridized carbons (Fsp3) is 0.465. The Labute approximate surface area is 316 Å². The molecule has 3 aromatic carbocycles. The summed E-state index contributed by atoms with van der Waals surface area (Å²) in [5, 5.41) is 12.1. The van der Waals surface area contributed by atoms with Gasteiger partial charge in [-0.2, -0.15) is 9.97 Å². The molecular weight excluding hydrogens is 687 g/mol. The molecule has 11 heteroatoms. The minimum atomic E-state index is -1.13. The number of halogens is 2. The summed E-state index contributed by atoms with van der Waals surface area (Å²) < 4.78 is 39.6. The molecule has 0 saturated carbocycles. The van der Waals surface area contributed by atoms with Crippen LogP contribution in [0, 0.1) is 29.4 Å². The molecule has 0 spiro atoms. The standard InChI is InChI=1S/C43H50F2N6O3/c1-8-28-32(44)14-13-26-21-27(52)22-29(35(26)28)36-31(42(5,6)46)23-30-38(37(36)45)47-40(54-25-43-16-11-19-51(43)20-12-17-43)48-39(30)50-18-10-15-41(3,4)33(24-50)49(7)34(53)9-2/h1,9,13-14,21-23,33,52H,2,10-12,15-20,24-25,46H2,3-7H3. The van der Waals surface area contributed by atoms with Crippen LogP contribution in [0.3, 0.4) is 0 Å². The Morgan fingerprint density at radius 2 is 1.85 bits per heavy atom. The lowest BCUT2D eigenvalue weighted by Gasteiger charge is -2.40. The van der Waals surface area contributed by atoms with Crippen LogP contribution in [0.1, 0.15) is 77.3 Å². The molecule has 54 heavy (non-hydrogen) atoms. The molecule has 4 aromatic rings. The minimum Gasteiger partial charge on any atom is -0.508 e. The highest BCUT2D eigenvalue weighted by molar-refractivity contribution is 6.05. The zero-order valence-corrected chi connectivity index (χ0v) is 31.9. The quantitative estimate of drug-likeness (QED) is 0.144. The molecule has 3 fully saturated rings. The second-order valence-corrected chi connectivity index (χ2v) is 16.6. The van der Waals surface area contributed by atoms with Crippen LogP contribution < -0.4 is 15.4 Å². The van der Waals surface area contributed by atoms with E-state index in [9.17, 15) is 9.90 Å². The maximum Gasteiger partial charge on any atom is 0.319 e. The topological polar surface area (TPSA) is 108 Å². The number of amides is 1. The van der Waals surface area contributed by atoms with Gasteiger partial charge in [-0.15, -0.1) is 6.42 Å². The zero-order chi connectivity index (χ0) is 38.7. The second-order valence-electron chi connectivity index (χ2n) is 16.6. The molecule has 4 heterocycles. The van der Waals surface area contributed by atoms with Crippen molar-refractivity contribution >= 4 is 33.4 Å². The Morgan fingerprint density at radius 1 is 1.15 bits per heavy atom. The summed E-state index contributed by atoms with van der Waals surface area (Å²) in [4.78, 5) is 29.1. The highest BCUT2D eigenvalue weighted by Gasteiger charge is 2.45. The van der Waals surface area contributed by atoms with E-state index in [0.717, 1.165) is 51.6 Å². The summed E-state index contributed by atoms with van der Waals surface area (Å²) in [6.45, 7) is 15.0. The third-order valence-electron chi connectivity index (χ3n) is 12.2. The Balaban J connectivity index is 1.49. The van der Waals surface area contributed by atoms with Gasteiger partial charge in [0.25, 0.3) is 0 Å². The number of aromatic hydroxyl groups is 1. The first-order valence-electron chi connectivity index (χ1n) is 18.9. The number of benzene rings is 3. The summed E-state index contributed by atoms with van der Waals surface area (Å²) >= 11 is 0. The average molecular weight is 737 g/mol. The van der Waals surface area contributed by atoms with Gasteiger partial charge in [-0.25, -0.2) is 8.78 Å². The van der Waals surface area contributed by atoms with Crippen LogP contribution >= 0.6 is 0 Å². The number of anilines is 1. The van der Waals surface area contributed by atoms with Gasteiger partial charge in [0.2, 0.25) is 5.91 Å². The fourth-order valence-corrected chi connectivity index (χ4v) is 9.27. The molecule has 3 N–H and O–H groups in total. The van der Waals surface area contributed by atoms with Crippen molar-refractivity contribution in [2.75, 3.05) is 44.7 Å². The molecule has 1 amide bonds. The number of nitrogens with zero attached hydrogens (tertiary/aromatic N) is 5. The van der Waals surface area contributed by atoms with Crippen LogP contribution in [0.4, 0.5) is 14.6 Å². The van der Waals surface area contributed by atoms with Crippen molar-refractivity contribution in [3.8, 4) is 35.2 Å². The van der Waals surface area contributed by atoms with Crippen LogP contribution in [0.15, 0.2) is 43.0 Å². The summed E-state index contributed by atoms with van der Waals surface area (Å²) in [5.74, 6) is 1.22. The Bertz CT molecular complexity index is 2200. The number of carbonyl (C=O) groups is 1. The number of terminal acetylenes is 1. The van der Waals surface area contributed by atoms with Gasteiger partial charge < -0.3 is 25.4 Å². The van der Waals surface area contributed by atoms with Gasteiger partial charge in [0.15, 0.2) is 5.82 Å². The molecule has 0 aliphatic carbocycles. The van der Waals surface area contributed by atoms with Crippen molar-refractivity contribution in [1.82, 2.24) is 19.8 Å².